The third-order valence-corrected chi connectivity index (χ3v) is 2.41. The summed E-state index contributed by atoms with van der Waals surface area (Å²) in [5.41, 5.74) is 10.0. The SMILES string of the molecule is CC(NC(=O)CNC(=O)C(CC(N)=O)NC(=O)CN)C(=O)O. The van der Waals surface area contributed by atoms with E-state index in [4.69, 9.17) is 16.6 Å². The maximum absolute atomic E-state index is 11.8. The van der Waals surface area contributed by atoms with Crippen LogP contribution in [0.3, 0.4) is 0 Å². The summed E-state index contributed by atoms with van der Waals surface area (Å²) in [5, 5.41) is 15.1. The smallest absolute Gasteiger partial charge is 0.325 e. The van der Waals surface area contributed by atoms with Crippen molar-refractivity contribution in [2.45, 2.75) is 25.4 Å². The van der Waals surface area contributed by atoms with Crippen molar-refractivity contribution in [1.29, 1.82) is 0 Å². The maximum Gasteiger partial charge on any atom is 0.325 e. The molecule has 2 atom stereocenters. The number of hydrogen-bond donors (Lipinski definition) is 6. The molecule has 8 N–H and O–H groups in total. The van der Waals surface area contributed by atoms with Crippen molar-refractivity contribution in [3.8, 4) is 0 Å². The molecule has 2 unspecified atom stereocenters. The minimum absolute atomic E-state index is 0.390. The largest absolute Gasteiger partial charge is 0.480 e. The number of carbonyl (C=O) groups is 5. The van der Waals surface area contributed by atoms with Crippen molar-refractivity contribution < 1.29 is 29.1 Å². The number of carboxylic acid groups (broad SMARTS) is 1. The summed E-state index contributed by atoms with van der Waals surface area (Å²) in [6.45, 7) is 0.336. The van der Waals surface area contributed by atoms with Crippen molar-refractivity contribution in [2.75, 3.05) is 13.1 Å². The van der Waals surface area contributed by atoms with Crippen molar-refractivity contribution in [1.82, 2.24) is 16.0 Å². The number of primary amides is 1. The number of hydrogen-bond acceptors (Lipinski definition) is 6. The zero-order valence-corrected chi connectivity index (χ0v) is 11.9. The molecule has 0 fully saturated rings. The van der Waals surface area contributed by atoms with Crippen LogP contribution in [0.5, 0.6) is 0 Å². The first kappa shape index (κ1) is 19.3. The molecule has 0 aliphatic heterocycles. The zero-order valence-electron chi connectivity index (χ0n) is 11.9. The minimum atomic E-state index is -1.27. The van der Waals surface area contributed by atoms with Gasteiger partial charge in [0, 0.05) is 0 Å². The van der Waals surface area contributed by atoms with E-state index < -0.39 is 54.6 Å². The van der Waals surface area contributed by atoms with E-state index in [0.717, 1.165) is 0 Å². The molecule has 0 aromatic heterocycles. The van der Waals surface area contributed by atoms with E-state index in [1.807, 2.05) is 0 Å². The number of nitrogens with one attached hydrogen (secondary N) is 3. The molecule has 0 saturated heterocycles. The minimum Gasteiger partial charge on any atom is -0.480 e. The average molecular weight is 317 g/mol. The molecule has 0 aliphatic carbocycles. The quantitative estimate of drug-likeness (QED) is 0.249. The molecule has 22 heavy (non-hydrogen) atoms. The Kier molecular flexibility index (Phi) is 8.15. The molecule has 4 amide bonds. The number of rotatable bonds is 9. The van der Waals surface area contributed by atoms with Gasteiger partial charge >= 0.3 is 5.97 Å². The van der Waals surface area contributed by atoms with E-state index in [0.29, 0.717) is 0 Å². The van der Waals surface area contributed by atoms with Gasteiger partial charge < -0.3 is 32.5 Å². The van der Waals surface area contributed by atoms with E-state index in [-0.39, 0.29) is 6.54 Å². The lowest BCUT2D eigenvalue weighted by atomic mass is 10.2. The summed E-state index contributed by atoms with van der Waals surface area (Å²) < 4.78 is 0. The summed E-state index contributed by atoms with van der Waals surface area (Å²) in [6, 6.07) is -2.39. The van der Waals surface area contributed by atoms with Crippen molar-refractivity contribution in [3.05, 3.63) is 0 Å². The lowest BCUT2D eigenvalue weighted by molar-refractivity contribution is -0.141. The van der Waals surface area contributed by atoms with Crippen LogP contribution in [0.4, 0.5) is 0 Å². The number of carbonyl (C=O) groups excluding carboxylic acids is 4. The van der Waals surface area contributed by atoms with Gasteiger partial charge in [-0.05, 0) is 6.92 Å². The molecule has 11 nitrogen and oxygen atoms in total. The van der Waals surface area contributed by atoms with Crippen LogP contribution in [-0.4, -0.2) is 59.9 Å². The first-order chi connectivity index (χ1) is 10.2. The predicted molar refractivity (Wildman–Crippen MR) is 73.0 cm³/mol. The molecule has 11 heteroatoms. The Morgan fingerprint density at radius 3 is 2.14 bits per heavy atom. The van der Waals surface area contributed by atoms with Crippen LogP contribution < -0.4 is 27.4 Å². The Bertz CT molecular complexity index is 466. The molecule has 0 aromatic rings. The zero-order chi connectivity index (χ0) is 17.3. The van der Waals surface area contributed by atoms with Crippen LogP contribution in [0.15, 0.2) is 0 Å². The Hall–Kier alpha value is -2.69. The van der Waals surface area contributed by atoms with E-state index in [1.54, 1.807) is 0 Å². The highest BCUT2D eigenvalue weighted by Gasteiger charge is 2.23. The second kappa shape index (κ2) is 9.28. The second-order valence-electron chi connectivity index (χ2n) is 4.34. The fraction of sp³-hybridized carbons (Fsp3) is 0.545. The van der Waals surface area contributed by atoms with Gasteiger partial charge in [-0.1, -0.05) is 0 Å². The van der Waals surface area contributed by atoms with Crippen LogP contribution in [0.25, 0.3) is 0 Å². The Balaban J connectivity index is 4.49. The lowest BCUT2D eigenvalue weighted by Gasteiger charge is -2.17. The van der Waals surface area contributed by atoms with Gasteiger partial charge in [0.2, 0.25) is 23.6 Å². The molecule has 0 heterocycles. The Morgan fingerprint density at radius 1 is 1.09 bits per heavy atom. The fourth-order valence-corrected chi connectivity index (χ4v) is 1.31. The highest BCUT2D eigenvalue weighted by molar-refractivity contribution is 5.94. The molecule has 0 bridgehead atoms. The lowest BCUT2D eigenvalue weighted by Crippen LogP contribution is -2.52. The number of aliphatic carboxylic acids is 1. The molecule has 0 aromatic carbocycles. The highest BCUT2D eigenvalue weighted by Crippen LogP contribution is 1.92. The molecular formula is C11H19N5O6. The van der Waals surface area contributed by atoms with Crippen LogP contribution in [0.2, 0.25) is 0 Å². The van der Waals surface area contributed by atoms with Crippen LogP contribution in [-0.2, 0) is 24.0 Å². The third kappa shape index (κ3) is 7.79. The molecule has 124 valence electrons. The van der Waals surface area contributed by atoms with Gasteiger partial charge in [0.1, 0.15) is 12.1 Å². The monoisotopic (exact) mass is 317 g/mol. The Morgan fingerprint density at radius 2 is 1.68 bits per heavy atom. The second-order valence-corrected chi connectivity index (χ2v) is 4.34. The van der Waals surface area contributed by atoms with Gasteiger partial charge in [-0.15, -0.1) is 0 Å². The van der Waals surface area contributed by atoms with E-state index in [9.17, 15) is 24.0 Å². The van der Waals surface area contributed by atoms with Gasteiger partial charge in [-0.25, -0.2) is 0 Å². The Labute approximate surface area is 125 Å². The number of nitrogens with two attached hydrogens (primary N) is 2. The fourth-order valence-electron chi connectivity index (χ4n) is 1.31. The highest BCUT2D eigenvalue weighted by atomic mass is 16.4. The van der Waals surface area contributed by atoms with Gasteiger partial charge in [0.15, 0.2) is 0 Å². The predicted octanol–water partition coefficient (Wildman–Crippen LogP) is -3.99. The van der Waals surface area contributed by atoms with Gasteiger partial charge in [-0.3, -0.25) is 24.0 Å². The van der Waals surface area contributed by atoms with Crippen molar-refractivity contribution in [2.24, 2.45) is 11.5 Å². The van der Waals surface area contributed by atoms with E-state index >= 15 is 0 Å². The van der Waals surface area contributed by atoms with Gasteiger partial charge in [0.25, 0.3) is 0 Å². The molecule has 0 rings (SSSR count). The van der Waals surface area contributed by atoms with Crippen LogP contribution in [0, 0.1) is 0 Å². The number of carboxylic acids is 1. The normalized spacial score (nSPS) is 12.6. The van der Waals surface area contributed by atoms with Crippen molar-refractivity contribution >= 4 is 29.6 Å². The molecule has 0 radical (unpaired) electrons. The van der Waals surface area contributed by atoms with E-state index in [2.05, 4.69) is 16.0 Å². The number of amides is 4. The molecular weight excluding hydrogens is 298 g/mol. The standard InChI is InChI=1S/C11H19N5O6/c1-5(11(21)22)15-9(19)4-14-10(20)6(2-7(13)17)16-8(18)3-12/h5-6H,2-4,12H2,1H3,(H2,13,17)(H,14,20)(H,15,19)(H,16,18)(H,21,22). The molecule has 0 aliphatic rings. The van der Waals surface area contributed by atoms with Crippen molar-refractivity contribution in [3.63, 3.8) is 0 Å². The van der Waals surface area contributed by atoms with E-state index in [1.165, 1.54) is 6.92 Å². The first-order valence-electron chi connectivity index (χ1n) is 6.25. The molecule has 0 spiro atoms. The first-order valence-corrected chi connectivity index (χ1v) is 6.25. The summed E-state index contributed by atoms with van der Waals surface area (Å²) in [5.74, 6) is -4.31. The molecule has 0 saturated carbocycles. The summed E-state index contributed by atoms with van der Waals surface area (Å²) in [6.07, 6.45) is -0.468. The van der Waals surface area contributed by atoms with Crippen LogP contribution >= 0.6 is 0 Å². The average Bonchev–Trinajstić information content (AvgIpc) is 2.43. The maximum atomic E-state index is 11.8. The van der Waals surface area contributed by atoms with Crippen LogP contribution in [0.1, 0.15) is 13.3 Å². The summed E-state index contributed by atoms with van der Waals surface area (Å²) >= 11 is 0. The third-order valence-electron chi connectivity index (χ3n) is 2.41. The summed E-state index contributed by atoms with van der Waals surface area (Å²) in [7, 11) is 0. The van der Waals surface area contributed by atoms with Gasteiger partial charge in [-0.2, -0.15) is 0 Å². The summed E-state index contributed by atoms with van der Waals surface area (Å²) in [4.78, 5) is 55.7. The van der Waals surface area contributed by atoms with Gasteiger partial charge in [0.05, 0.1) is 19.5 Å². The topological polar surface area (TPSA) is 194 Å².